The number of nitrogens with one attached hydrogen (secondary N) is 1. The van der Waals surface area contributed by atoms with Gasteiger partial charge in [0.05, 0.1) is 34.7 Å². The molecule has 2 aromatic heterocycles. The Morgan fingerprint density at radius 1 is 1.36 bits per heavy atom. The van der Waals surface area contributed by atoms with Crippen molar-refractivity contribution in [2.75, 3.05) is 6.61 Å². The van der Waals surface area contributed by atoms with Crippen molar-refractivity contribution in [2.24, 2.45) is 0 Å². The lowest BCUT2D eigenvalue weighted by Gasteiger charge is -2.13. The first-order chi connectivity index (χ1) is 12.2. The van der Waals surface area contributed by atoms with E-state index in [1.165, 1.54) is 12.3 Å². The summed E-state index contributed by atoms with van der Waals surface area (Å²) in [6.07, 6.45) is -3.13. The second kappa shape index (κ2) is 6.83. The Morgan fingerprint density at radius 2 is 2.16 bits per heavy atom. The fourth-order valence-corrected chi connectivity index (χ4v) is 3.28. The molecule has 0 aliphatic rings. The van der Waals surface area contributed by atoms with E-state index in [9.17, 15) is 17.4 Å². The van der Waals surface area contributed by atoms with Gasteiger partial charge in [0.15, 0.2) is 11.8 Å². The summed E-state index contributed by atoms with van der Waals surface area (Å²) >= 11 is 0. The minimum Gasteiger partial charge on any atom is -0.484 e. The van der Waals surface area contributed by atoms with Crippen molar-refractivity contribution >= 4 is 21.8 Å². The number of aromatic nitrogens is 3. The maximum atomic E-state index is 12.6. The molecule has 0 fully saturated rings. The van der Waals surface area contributed by atoms with Crippen molar-refractivity contribution in [3.63, 3.8) is 0 Å². The van der Waals surface area contributed by atoms with Gasteiger partial charge in [-0.05, 0) is 25.1 Å². The number of hydrogen-bond acceptors (Lipinski definition) is 4. The summed E-state index contributed by atoms with van der Waals surface area (Å²) in [6, 6.07) is 6.52. The van der Waals surface area contributed by atoms with Gasteiger partial charge in [-0.25, -0.2) is 4.98 Å². The standard InChI is InChI=1S/C16H14F3N3O2S/c1-10-13(20-7-6-14(10)24-9-16(17,18)19)8-25(23)15-21-11-4-2-3-5-12(11)22-15/h2-7H,8-9H2,1H3,(H,21,22)/i4D. The van der Waals surface area contributed by atoms with E-state index in [1.807, 2.05) is 0 Å². The average molecular weight is 370 g/mol. The van der Waals surface area contributed by atoms with Crippen LogP contribution in [0.5, 0.6) is 5.75 Å². The van der Waals surface area contributed by atoms with Crippen molar-refractivity contribution in [2.45, 2.75) is 24.0 Å². The maximum Gasteiger partial charge on any atom is 0.422 e. The normalized spacial score (nSPS) is 13.7. The van der Waals surface area contributed by atoms with Crippen molar-refractivity contribution in [1.82, 2.24) is 15.0 Å². The van der Waals surface area contributed by atoms with Gasteiger partial charge in [0.1, 0.15) is 5.75 Å². The third-order valence-corrected chi connectivity index (χ3v) is 4.58. The number of hydrogen-bond donors (Lipinski definition) is 1. The van der Waals surface area contributed by atoms with Crippen molar-refractivity contribution < 1.29 is 23.5 Å². The molecule has 0 spiro atoms. The number of rotatable bonds is 5. The summed E-state index contributed by atoms with van der Waals surface area (Å²) in [5.41, 5.74) is 1.74. The van der Waals surface area contributed by atoms with E-state index in [4.69, 9.17) is 6.11 Å². The lowest BCUT2D eigenvalue weighted by atomic mass is 10.2. The van der Waals surface area contributed by atoms with Crippen LogP contribution in [0.1, 0.15) is 12.6 Å². The Balaban J connectivity index is 1.81. The molecular formula is C16H14F3N3O2S. The van der Waals surface area contributed by atoms with Crippen LogP contribution in [-0.2, 0) is 16.6 Å². The minimum absolute atomic E-state index is 0.0395. The number of imidazole rings is 1. The molecule has 25 heavy (non-hydrogen) atoms. The number of nitrogens with zero attached hydrogens (tertiary/aromatic N) is 2. The first-order valence-corrected chi connectivity index (χ1v) is 8.54. The molecule has 0 saturated heterocycles. The van der Waals surface area contributed by atoms with Gasteiger partial charge >= 0.3 is 6.18 Å². The molecule has 0 amide bonds. The van der Waals surface area contributed by atoms with Crippen LogP contribution in [0.2, 0.25) is 0 Å². The van der Waals surface area contributed by atoms with Gasteiger partial charge in [0, 0.05) is 11.8 Å². The predicted octanol–water partition coefficient (Wildman–Crippen LogP) is 3.52. The third kappa shape index (κ3) is 4.16. The highest BCUT2D eigenvalue weighted by Crippen LogP contribution is 2.24. The third-order valence-electron chi connectivity index (χ3n) is 3.42. The summed E-state index contributed by atoms with van der Waals surface area (Å²) < 4.78 is 62.1. The van der Waals surface area contributed by atoms with Gasteiger partial charge in [-0.15, -0.1) is 0 Å². The van der Waals surface area contributed by atoms with Crippen LogP contribution in [-0.4, -0.2) is 31.9 Å². The van der Waals surface area contributed by atoms with E-state index in [1.54, 1.807) is 25.1 Å². The zero-order valence-corrected chi connectivity index (χ0v) is 13.9. The van der Waals surface area contributed by atoms with Gasteiger partial charge in [0.25, 0.3) is 0 Å². The Hall–Kier alpha value is -2.42. The number of benzene rings is 1. The number of H-pyrrole nitrogens is 1. The van der Waals surface area contributed by atoms with Gasteiger partial charge in [-0.2, -0.15) is 13.2 Å². The SMILES string of the molecule is [2H]c1cccc2nc(S(=O)Cc3nccc(OCC(F)(F)F)c3C)[nH]c12. The molecule has 0 saturated carbocycles. The molecule has 1 atom stereocenters. The van der Waals surface area contributed by atoms with Crippen LogP contribution in [0.25, 0.3) is 11.0 Å². The first kappa shape index (κ1) is 16.1. The van der Waals surface area contributed by atoms with E-state index < -0.39 is 23.6 Å². The Labute approximate surface area is 145 Å². The molecule has 2 heterocycles. The predicted molar refractivity (Wildman–Crippen MR) is 86.7 cm³/mol. The van der Waals surface area contributed by atoms with Crippen molar-refractivity contribution in [3.8, 4) is 5.75 Å². The molecule has 1 unspecified atom stereocenters. The summed E-state index contributed by atoms with van der Waals surface area (Å²) in [7, 11) is -1.61. The highest BCUT2D eigenvalue weighted by atomic mass is 32.2. The number of pyridine rings is 1. The van der Waals surface area contributed by atoms with Crippen molar-refractivity contribution in [1.29, 1.82) is 0 Å². The van der Waals surface area contributed by atoms with Gasteiger partial charge < -0.3 is 9.72 Å². The Morgan fingerprint density at radius 3 is 2.88 bits per heavy atom. The smallest absolute Gasteiger partial charge is 0.422 e. The molecular weight excluding hydrogens is 355 g/mol. The second-order valence-corrected chi connectivity index (χ2v) is 6.61. The van der Waals surface area contributed by atoms with Crippen LogP contribution in [0.15, 0.2) is 41.7 Å². The average Bonchev–Trinajstić information content (AvgIpc) is 3.00. The zero-order chi connectivity index (χ0) is 18.9. The fraction of sp³-hybridized carbons (Fsp3) is 0.250. The van der Waals surface area contributed by atoms with E-state index >= 15 is 0 Å². The second-order valence-electron chi connectivity index (χ2n) is 5.25. The zero-order valence-electron chi connectivity index (χ0n) is 14.1. The molecule has 1 aromatic carbocycles. The summed E-state index contributed by atoms with van der Waals surface area (Å²) in [6.45, 7) is 0.155. The molecule has 0 bridgehead atoms. The highest BCUT2D eigenvalue weighted by Gasteiger charge is 2.29. The lowest BCUT2D eigenvalue weighted by Crippen LogP contribution is -2.19. The van der Waals surface area contributed by atoms with E-state index in [-0.39, 0.29) is 22.7 Å². The molecule has 0 aliphatic heterocycles. The molecule has 132 valence electrons. The maximum absolute atomic E-state index is 12.6. The van der Waals surface area contributed by atoms with E-state index in [0.717, 1.165) is 0 Å². The summed E-state index contributed by atoms with van der Waals surface area (Å²) in [5, 5.41) is 0.183. The monoisotopic (exact) mass is 370 g/mol. The molecule has 3 rings (SSSR count). The summed E-state index contributed by atoms with van der Waals surface area (Å²) in [4.78, 5) is 11.2. The van der Waals surface area contributed by atoms with Gasteiger partial charge in [-0.3, -0.25) is 9.19 Å². The van der Waals surface area contributed by atoms with E-state index in [0.29, 0.717) is 22.3 Å². The highest BCUT2D eigenvalue weighted by molar-refractivity contribution is 7.84. The molecule has 9 heteroatoms. The largest absolute Gasteiger partial charge is 0.484 e. The molecule has 3 aromatic rings. The fourth-order valence-electron chi connectivity index (χ4n) is 2.19. The van der Waals surface area contributed by atoms with E-state index in [2.05, 4.69) is 15.0 Å². The Bertz CT molecular complexity index is 975. The minimum atomic E-state index is -4.44. The first-order valence-electron chi connectivity index (χ1n) is 7.72. The number of ether oxygens (including phenoxy) is 1. The van der Waals surface area contributed by atoms with Crippen LogP contribution in [0.3, 0.4) is 0 Å². The van der Waals surface area contributed by atoms with Crippen molar-refractivity contribution in [3.05, 3.63) is 47.8 Å². The number of fused-ring (bicyclic) bond motifs is 1. The van der Waals surface area contributed by atoms with Crippen LogP contribution >= 0.6 is 0 Å². The molecule has 5 nitrogen and oxygen atoms in total. The number of halogens is 3. The Kier molecular flexibility index (Phi) is 4.39. The quantitative estimate of drug-likeness (QED) is 0.746. The molecule has 0 radical (unpaired) electrons. The summed E-state index contributed by atoms with van der Waals surface area (Å²) in [5.74, 6) is 0.00439. The molecule has 0 aliphatic carbocycles. The van der Waals surface area contributed by atoms with Crippen LogP contribution in [0.4, 0.5) is 13.2 Å². The number of para-hydroxylation sites is 2. The molecule has 1 N–H and O–H groups in total. The number of alkyl halides is 3. The van der Waals surface area contributed by atoms with Crippen LogP contribution < -0.4 is 4.74 Å². The topological polar surface area (TPSA) is 67.9 Å². The van der Waals surface area contributed by atoms with Gasteiger partial charge in [-0.1, -0.05) is 12.1 Å². The van der Waals surface area contributed by atoms with Gasteiger partial charge in [0.2, 0.25) is 0 Å². The lowest BCUT2D eigenvalue weighted by molar-refractivity contribution is -0.153. The number of aromatic amines is 1. The van der Waals surface area contributed by atoms with Crippen LogP contribution in [0, 0.1) is 6.92 Å².